The van der Waals surface area contributed by atoms with Crippen molar-refractivity contribution < 1.29 is 45.4 Å². The van der Waals surface area contributed by atoms with Crippen LogP contribution in [-0.2, 0) is 17.4 Å². The first kappa shape index (κ1) is 16.0. The van der Waals surface area contributed by atoms with Crippen molar-refractivity contribution in [2.75, 3.05) is 0 Å². The Balaban J connectivity index is 3.39. The molecule has 0 radical (unpaired) electrons. The highest BCUT2D eigenvalue weighted by atomic mass is 19.4. The first-order chi connectivity index (χ1) is 8.92. The number of rotatable bonds is 3. The molecule has 0 fully saturated rings. The predicted octanol–water partition coefficient (Wildman–Crippen LogP) is 2.77. The van der Waals surface area contributed by atoms with Crippen molar-refractivity contribution in [3.05, 3.63) is 23.1 Å². The number of pyridine rings is 1. The second kappa shape index (κ2) is 5.13. The lowest BCUT2D eigenvalue weighted by Crippen LogP contribution is -2.21. The van der Waals surface area contributed by atoms with Crippen LogP contribution >= 0.6 is 0 Å². The van der Waals surface area contributed by atoms with Gasteiger partial charge < -0.3 is 9.84 Å². The number of nitrogens with zero attached hydrogens (tertiary/aromatic N) is 1. The van der Waals surface area contributed by atoms with Gasteiger partial charge in [0.1, 0.15) is 0 Å². The Bertz CT molecular complexity index is 523. The summed E-state index contributed by atoms with van der Waals surface area (Å²) in [4.78, 5) is 12.9. The van der Waals surface area contributed by atoms with Crippen LogP contribution in [0.25, 0.3) is 0 Å². The molecule has 0 saturated heterocycles. The van der Waals surface area contributed by atoms with Crippen LogP contribution in [0.4, 0.5) is 30.7 Å². The minimum atomic E-state index is -5.38. The van der Waals surface area contributed by atoms with Crippen LogP contribution in [0.1, 0.15) is 11.1 Å². The van der Waals surface area contributed by atoms with E-state index >= 15 is 0 Å². The van der Waals surface area contributed by atoms with Crippen molar-refractivity contribution in [1.29, 1.82) is 0 Å². The summed E-state index contributed by atoms with van der Waals surface area (Å²) in [5.74, 6) is -5.76. The number of aromatic nitrogens is 1. The number of ether oxygens (including phenoxy) is 1. The van der Waals surface area contributed by atoms with Crippen LogP contribution in [0.5, 0.6) is 5.88 Å². The molecule has 1 rings (SSSR count). The number of carboxylic acid groups (broad SMARTS) is 1. The van der Waals surface area contributed by atoms with Crippen LogP contribution < -0.4 is 4.74 Å². The van der Waals surface area contributed by atoms with E-state index in [1.165, 1.54) is 0 Å². The number of halogens is 7. The van der Waals surface area contributed by atoms with Gasteiger partial charge in [-0.3, -0.25) is 4.79 Å². The zero-order valence-electron chi connectivity index (χ0n) is 9.14. The maximum Gasteiger partial charge on any atom is 0.574 e. The Hall–Kier alpha value is -2.07. The van der Waals surface area contributed by atoms with Crippen molar-refractivity contribution in [1.82, 2.24) is 4.98 Å². The molecule has 1 N–H and O–H groups in total. The lowest BCUT2D eigenvalue weighted by molar-refractivity contribution is -0.277. The standard InChI is InChI=1S/C9H4F7NO3/c10-6-3(1-5(18)19)4(8(11,12)13)2-17-7(6)20-9(14,15)16/h2H,1H2,(H,18,19). The van der Waals surface area contributed by atoms with E-state index < -0.39 is 47.8 Å². The molecule has 1 aromatic rings. The molecule has 0 bridgehead atoms. The van der Waals surface area contributed by atoms with Gasteiger partial charge in [0.25, 0.3) is 5.88 Å². The SMILES string of the molecule is O=C(O)Cc1c(C(F)(F)F)cnc(OC(F)(F)F)c1F. The molecule has 4 nitrogen and oxygen atoms in total. The molecule has 0 saturated carbocycles. The molecule has 0 aromatic carbocycles. The van der Waals surface area contributed by atoms with Crippen molar-refractivity contribution in [3.63, 3.8) is 0 Å². The van der Waals surface area contributed by atoms with Gasteiger partial charge in [-0.25, -0.2) is 9.37 Å². The maximum absolute atomic E-state index is 13.5. The van der Waals surface area contributed by atoms with Gasteiger partial charge in [0.05, 0.1) is 12.0 Å². The van der Waals surface area contributed by atoms with E-state index in [-0.39, 0.29) is 6.20 Å². The van der Waals surface area contributed by atoms with E-state index in [1.54, 1.807) is 0 Å². The maximum atomic E-state index is 13.5. The summed E-state index contributed by atoms with van der Waals surface area (Å²) in [6, 6.07) is 0. The third-order valence-corrected chi connectivity index (χ3v) is 1.93. The molecule has 0 aliphatic carbocycles. The average molecular weight is 307 g/mol. The molecule has 0 aliphatic rings. The molecular weight excluding hydrogens is 303 g/mol. The number of hydrogen-bond donors (Lipinski definition) is 1. The Labute approximate surface area is 105 Å². The van der Waals surface area contributed by atoms with Gasteiger partial charge in [-0.2, -0.15) is 13.2 Å². The van der Waals surface area contributed by atoms with Gasteiger partial charge in [-0.15, -0.1) is 13.2 Å². The molecular formula is C9H4F7NO3. The molecule has 0 unspecified atom stereocenters. The van der Waals surface area contributed by atoms with Crippen LogP contribution in [-0.4, -0.2) is 22.4 Å². The molecule has 0 spiro atoms. The topological polar surface area (TPSA) is 59.4 Å². The Morgan fingerprint density at radius 1 is 1.25 bits per heavy atom. The summed E-state index contributed by atoms with van der Waals surface area (Å²) < 4.78 is 89.7. The normalized spacial score (nSPS) is 12.3. The molecule has 20 heavy (non-hydrogen) atoms. The second-order valence-electron chi connectivity index (χ2n) is 3.39. The molecule has 11 heteroatoms. The monoisotopic (exact) mass is 307 g/mol. The van der Waals surface area contributed by atoms with Crippen molar-refractivity contribution >= 4 is 5.97 Å². The van der Waals surface area contributed by atoms with Crippen molar-refractivity contribution in [2.24, 2.45) is 0 Å². The number of aliphatic carboxylic acids is 1. The van der Waals surface area contributed by atoms with E-state index in [4.69, 9.17) is 5.11 Å². The highest BCUT2D eigenvalue weighted by molar-refractivity contribution is 5.71. The van der Waals surface area contributed by atoms with Gasteiger partial charge in [-0.05, 0) is 0 Å². The molecule has 1 heterocycles. The van der Waals surface area contributed by atoms with Crippen LogP contribution in [0.3, 0.4) is 0 Å². The summed E-state index contributed by atoms with van der Waals surface area (Å²) in [5.41, 5.74) is -3.27. The highest BCUT2D eigenvalue weighted by Crippen LogP contribution is 2.36. The van der Waals surface area contributed by atoms with Gasteiger partial charge >= 0.3 is 18.5 Å². The fourth-order valence-electron chi connectivity index (χ4n) is 1.25. The largest absolute Gasteiger partial charge is 0.574 e. The zero-order chi connectivity index (χ0) is 15.7. The van der Waals surface area contributed by atoms with Gasteiger partial charge in [0.2, 0.25) is 0 Å². The molecule has 0 atom stereocenters. The third-order valence-electron chi connectivity index (χ3n) is 1.93. The highest BCUT2D eigenvalue weighted by Gasteiger charge is 2.39. The number of carboxylic acids is 1. The first-order valence-corrected chi connectivity index (χ1v) is 4.64. The quantitative estimate of drug-likeness (QED) is 0.872. The van der Waals surface area contributed by atoms with Crippen LogP contribution in [0.2, 0.25) is 0 Å². The first-order valence-electron chi connectivity index (χ1n) is 4.64. The number of alkyl halides is 6. The minimum Gasteiger partial charge on any atom is -0.481 e. The fourth-order valence-corrected chi connectivity index (χ4v) is 1.25. The Morgan fingerprint density at radius 3 is 2.20 bits per heavy atom. The fraction of sp³-hybridized carbons (Fsp3) is 0.333. The molecule has 112 valence electrons. The van der Waals surface area contributed by atoms with Crippen molar-refractivity contribution in [2.45, 2.75) is 19.0 Å². The average Bonchev–Trinajstić information content (AvgIpc) is 2.19. The van der Waals surface area contributed by atoms with E-state index in [1.807, 2.05) is 0 Å². The van der Waals surface area contributed by atoms with E-state index in [0.717, 1.165) is 0 Å². The lowest BCUT2D eigenvalue weighted by atomic mass is 10.1. The van der Waals surface area contributed by atoms with E-state index in [0.29, 0.717) is 0 Å². The van der Waals surface area contributed by atoms with E-state index in [9.17, 15) is 35.5 Å². The van der Waals surface area contributed by atoms with Gasteiger partial charge in [-0.1, -0.05) is 0 Å². The van der Waals surface area contributed by atoms with Gasteiger partial charge in [0.15, 0.2) is 5.82 Å². The van der Waals surface area contributed by atoms with Crippen molar-refractivity contribution in [3.8, 4) is 5.88 Å². The summed E-state index contributed by atoms with van der Waals surface area (Å²) in [5, 5.41) is 8.39. The smallest absolute Gasteiger partial charge is 0.481 e. The summed E-state index contributed by atoms with van der Waals surface area (Å²) in [7, 11) is 0. The lowest BCUT2D eigenvalue weighted by Gasteiger charge is -2.15. The molecule has 1 aromatic heterocycles. The van der Waals surface area contributed by atoms with E-state index in [2.05, 4.69) is 9.72 Å². The number of carbonyl (C=O) groups is 1. The molecule has 0 aliphatic heterocycles. The summed E-state index contributed by atoms with van der Waals surface area (Å²) in [6.45, 7) is 0. The minimum absolute atomic E-state index is 0.123. The third kappa shape index (κ3) is 3.96. The Morgan fingerprint density at radius 2 is 1.80 bits per heavy atom. The van der Waals surface area contributed by atoms with Crippen LogP contribution in [0, 0.1) is 5.82 Å². The number of hydrogen-bond acceptors (Lipinski definition) is 3. The second-order valence-corrected chi connectivity index (χ2v) is 3.39. The van der Waals surface area contributed by atoms with Gasteiger partial charge in [0, 0.05) is 11.8 Å². The molecule has 0 amide bonds. The Kier molecular flexibility index (Phi) is 4.10. The zero-order valence-corrected chi connectivity index (χ0v) is 9.14. The summed E-state index contributed by atoms with van der Waals surface area (Å²) >= 11 is 0. The predicted molar refractivity (Wildman–Crippen MR) is 47.2 cm³/mol. The summed E-state index contributed by atoms with van der Waals surface area (Å²) in [6.07, 6.45) is -12.1. The van der Waals surface area contributed by atoms with Crippen LogP contribution in [0.15, 0.2) is 6.20 Å².